The fourth-order valence-electron chi connectivity index (χ4n) is 2.89. The van der Waals surface area contributed by atoms with Gasteiger partial charge in [-0.3, -0.25) is 9.36 Å². The van der Waals surface area contributed by atoms with Crippen LogP contribution < -0.4 is 15.6 Å². The minimum atomic E-state index is -1.13. The number of hydrogen-bond acceptors (Lipinski definition) is 4. The Labute approximate surface area is 160 Å². The van der Waals surface area contributed by atoms with Crippen molar-refractivity contribution in [1.82, 2.24) is 14.9 Å². The lowest BCUT2D eigenvalue weighted by molar-refractivity contribution is 0.194. The largest absolute Gasteiger partial charge is 0.497 e. The van der Waals surface area contributed by atoms with Gasteiger partial charge in [-0.05, 0) is 30.7 Å². The van der Waals surface area contributed by atoms with Gasteiger partial charge in [0.05, 0.1) is 28.7 Å². The van der Waals surface area contributed by atoms with Crippen LogP contribution in [0.1, 0.15) is 11.4 Å². The molecular weight excluding hydrogens is 370 g/mol. The van der Waals surface area contributed by atoms with Crippen molar-refractivity contribution in [3.05, 3.63) is 63.2 Å². The number of carbonyl (C=O) groups is 1. The van der Waals surface area contributed by atoms with Gasteiger partial charge in [0.15, 0.2) is 0 Å². The zero-order valence-electron chi connectivity index (χ0n) is 14.8. The van der Waals surface area contributed by atoms with Crippen LogP contribution in [-0.2, 0) is 6.42 Å². The molecule has 0 spiro atoms. The van der Waals surface area contributed by atoms with Crippen molar-refractivity contribution < 1.29 is 14.6 Å². The lowest BCUT2D eigenvalue weighted by Crippen LogP contribution is -2.29. The molecule has 2 aromatic carbocycles. The number of benzene rings is 2. The molecule has 7 nitrogen and oxygen atoms in total. The number of fused-ring (bicyclic) bond motifs is 1. The molecule has 0 aliphatic heterocycles. The Morgan fingerprint density at radius 2 is 2.11 bits per heavy atom. The summed E-state index contributed by atoms with van der Waals surface area (Å²) >= 11 is 6.25. The predicted molar refractivity (Wildman–Crippen MR) is 103 cm³/mol. The summed E-state index contributed by atoms with van der Waals surface area (Å²) in [7, 11) is 1.55. The fraction of sp³-hybridized carbons (Fsp3) is 0.211. The second-order valence-corrected chi connectivity index (χ2v) is 6.34. The van der Waals surface area contributed by atoms with Gasteiger partial charge in [-0.15, -0.1) is 0 Å². The Morgan fingerprint density at radius 1 is 1.33 bits per heavy atom. The summed E-state index contributed by atoms with van der Waals surface area (Å²) in [4.78, 5) is 28.6. The number of carboxylic acid groups (broad SMARTS) is 1. The van der Waals surface area contributed by atoms with Crippen LogP contribution in [0.4, 0.5) is 4.79 Å². The lowest BCUT2D eigenvalue weighted by Gasteiger charge is -2.17. The van der Waals surface area contributed by atoms with Gasteiger partial charge in [0.1, 0.15) is 11.6 Å². The number of aromatic nitrogens is 2. The first-order chi connectivity index (χ1) is 12.9. The number of nitrogens with one attached hydrogen (secondary N) is 1. The van der Waals surface area contributed by atoms with E-state index in [0.29, 0.717) is 33.2 Å². The number of aryl methyl sites for hydroxylation is 1. The molecule has 1 amide bonds. The normalized spacial score (nSPS) is 10.8. The quantitative estimate of drug-likeness (QED) is 0.701. The number of hydrogen-bond donors (Lipinski definition) is 2. The summed E-state index contributed by atoms with van der Waals surface area (Å²) in [6.07, 6.45) is -0.897. The number of rotatable bonds is 5. The van der Waals surface area contributed by atoms with Gasteiger partial charge in [-0.25, -0.2) is 9.78 Å². The van der Waals surface area contributed by atoms with E-state index in [1.54, 1.807) is 37.4 Å². The van der Waals surface area contributed by atoms with Gasteiger partial charge in [0, 0.05) is 19.0 Å². The van der Waals surface area contributed by atoms with E-state index in [2.05, 4.69) is 10.3 Å². The molecule has 0 atom stereocenters. The second-order valence-electron chi connectivity index (χ2n) is 5.94. The first kappa shape index (κ1) is 18.7. The number of nitrogens with zero attached hydrogens (tertiary/aromatic N) is 2. The third kappa shape index (κ3) is 3.73. The zero-order chi connectivity index (χ0) is 19.6. The minimum absolute atomic E-state index is 0.122. The second kappa shape index (κ2) is 7.67. The Kier molecular flexibility index (Phi) is 5.32. The van der Waals surface area contributed by atoms with Gasteiger partial charge < -0.3 is 15.2 Å². The fourth-order valence-corrected chi connectivity index (χ4v) is 3.14. The van der Waals surface area contributed by atoms with Gasteiger partial charge >= 0.3 is 6.09 Å². The van der Waals surface area contributed by atoms with Gasteiger partial charge in [-0.1, -0.05) is 23.7 Å². The Morgan fingerprint density at radius 3 is 2.81 bits per heavy atom. The van der Waals surface area contributed by atoms with E-state index < -0.39 is 6.09 Å². The number of halogens is 1. The van der Waals surface area contributed by atoms with Crippen LogP contribution >= 0.6 is 11.6 Å². The molecule has 3 aromatic rings. The summed E-state index contributed by atoms with van der Waals surface area (Å²) in [5, 5.41) is 11.7. The molecule has 0 unspecified atom stereocenters. The molecule has 0 bridgehead atoms. The van der Waals surface area contributed by atoms with Crippen LogP contribution in [0.3, 0.4) is 0 Å². The topological polar surface area (TPSA) is 93.4 Å². The van der Waals surface area contributed by atoms with E-state index >= 15 is 0 Å². The van der Waals surface area contributed by atoms with Crippen LogP contribution in [0.5, 0.6) is 5.75 Å². The van der Waals surface area contributed by atoms with Crippen molar-refractivity contribution >= 4 is 28.6 Å². The number of amides is 1. The van der Waals surface area contributed by atoms with Gasteiger partial charge in [0.2, 0.25) is 0 Å². The summed E-state index contributed by atoms with van der Waals surface area (Å²) in [6, 6.07) is 10.5. The Bertz CT molecular complexity index is 1080. The van der Waals surface area contributed by atoms with Crippen LogP contribution in [0.15, 0.2) is 41.2 Å². The maximum atomic E-state index is 13.3. The predicted octanol–water partition coefficient (Wildman–Crippen LogP) is 3.17. The minimum Gasteiger partial charge on any atom is -0.497 e. The van der Waals surface area contributed by atoms with E-state index in [9.17, 15) is 9.59 Å². The molecule has 1 aromatic heterocycles. The molecule has 3 rings (SSSR count). The van der Waals surface area contributed by atoms with Crippen LogP contribution in [0, 0.1) is 6.92 Å². The van der Waals surface area contributed by atoms with Crippen molar-refractivity contribution in [2.45, 2.75) is 13.3 Å². The molecule has 27 heavy (non-hydrogen) atoms. The number of methoxy groups -OCH3 is 1. The van der Waals surface area contributed by atoms with Gasteiger partial charge in [0.25, 0.3) is 5.56 Å². The molecule has 140 valence electrons. The third-order valence-electron chi connectivity index (χ3n) is 4.20. The molecule has 0 aliphatic rings. The van der Waals surface area contributed by atoms with E-state index in [-0.39, 0.29) is 18.5 Å². The summed E-state index contributed by atoms with van der Waals surface area (Å²) in [5.41, 5.74) is 1.61. The molecule has 1 heterocycles. The van der Waals surface area contributed by atoms with E-state index in [4.69, 9.17) is 21.4 Å². The van der Waals surface area contributed by atoms with Crippen molar-refractivity contribution in [2.75, 3.05) is 13.7 Å². The van der Waals surface area contributed by atoms with Crippen LogP contribution in [-0.4, -0.2) is 34.4 Å². The molecule has 0 saturated carbocycles. The molecule has 0 aliphatic carbocycles. The van der Waals surface area contributed by atoms with E-state index in [0.717, 1.165) is 5.56 Å². The van der Waals surface area contributed by atoms with E-state index in [1.807, 2.05) is 13.0 Å². The summed E-state index contributed by atoms with van der Waals surface area (Å²) in [6.45, 7) is 1.99. The standard InChI is InChI=1S/C19H18ClN3O4/c1-11-6-7-12(27-2)10-15(11)23-16(8-9-21-19(25)26)22-14-5-3-4-13(20)17(14)18(23)24/h3-7,10,21H,8-9H2,1-2H3,(H,25,26). The SMILES string of the molecule is COc1ccc(C)c(-n2c(CCNC(=O)O)nc3cccc(Cl)c3c2=O)c1. The summed E-state index contributed by atoms with van der Waals surface area (Å²) < 4.78 is 6.75. The first-order valence-electron chi connectivity index (χ1n) is 8.24. The van der Waals surface area contributed by atoms with Crippen molar-refractivity contribution in [2.24, 2.45) is 0 Å². The molecule has 0 radical (unpaired) electrons. The highest BCUT2D eigenvalue weighted by Gasteiger charge is 2.17. The third-order valence-corrected chi connectivity index (χ3v) is 4.51. The zero-order valence-corrected chi connectivity index (χ0v) is 15.6. The molecular formula is C19H18ClN3O4. The first-order valence-corrected chi connectivity index (χ1v) is 8.62. The van der Waals surface area contributed by atoms with Crippen molar-refractivity contribution in [3.8, 4) is 11.4 Å². The molecule has 0 fully saturated rings. The average molecular weight is 388 g/mol. The molecule has 0 saturated heterocycles. The smallest absolute Gasteiger partial charge is 0.404 e. The monoisotopic (exact) mass is 387 g/mol. The number of ether oxygens (including phenoxy) is 1. The van der Waals surface area contributed by atoms with Gasteiger partial charge in [-0.2, -0.15) is 0 Å². The van der Waals surface area contributed by atoms with E-state index in [1.165, 1.54) is 4.57 Å². The maximum absolute atomic E-state index is 13.3. The lowest BCUT2D eigenvalue weighted by atomic mass is 10.1. The molecule has 8 heteroatoms. The highest BCUT2D eigenvalue weighted by atomic mass is 35.5. The van der Waals surface area contributed by atoms with Crippen LogP contribution in [0.25, 0.3) is 16.6 Å². The van der Waals surface area contributed by atoms with Crippen LogP contribution in [0.2, 0.25) is 5.02 Å². The molecule has 2 N–H and O–H groups in total. The average Bonchev–Trinajstić information content (AvgIpc) is 2.62. The van der Waals surface area contributed by atoms with Crippen molar-refractivity contribution in [3.63, 3.8) is 0 Å². The Balaban J connectivity index is 2.28. The maximum Gasteiger partial charge on any atom is 0.404 e. The highest BCUT2D eigenvalue weighted by Crippen LogP contribution is 2.24. The Hall–Kier alpha value is -3.06. The van der Waals surface area contributed by atoms with Crippen molar-refractivity contribution in [1.29, 1.82) is 0 Å². The highest BCUT2D eigenvalue weighted by molar-refractivity contribution is 6.35. The summed E-state index contributed by atoms with van der Waals surface area (Å²) in [5.74, 6) is 1.02.